The van der Waals surface area contributed by atoms with Gasteiger partial charge in [-0.25, -0.2) is 12.8 Å². The van der Waals surface area contributed by atoms with E-state index >= 15 is 0 Å². The molecule has 0 radical (unpaired) electrons. The highest BCUT2D eigenvalue weighted by atomic mass is 32.2. The minimum Gasteiger partial charge on any atom is -0.486 e. The minimum atomic E-state index is -4.07. The number of rotatable bonds is 4. The lowest BCUT2D eigenvalue weighted by Gasteiger charge is -2.28. The molecule has 2 aromatic rings. The van der Waals surface area contributed by atoms with Crippen LogP contribution in [0.2, 0.25) is 0 Å². The van der Waals surface area contributed by atoms with E-state index < -0.39 is 20.7 Å². The Kier molecular flexibility index (Phi) is 5.98. The van der Waals surface area contributed by atoms with E-state index in [1.807, 2.05) is 18.2 Å². The van der Waals surface area contributed by atoms with Crippen LogP contribution >= 0.6 is 0 Å². The number of ether oxygens (including phenoxy) is 3. The van der Waals surface area contributed by atoms with Crippen LogP contribution in [0.1, 0.15) is 34.8 Å². The van der Waals surface area contributed by atoms with Gasteiger partial charge < -0.3 is 19.1 Å². The third-order valence-electron chi connectivity index (χ3n) is 6.23. The summed E-state index contributed by atoms with van der Waals surface area (Å²) in [6.07, 6.45) is 1.58. The van der Waals surface area contributed by atoms with Crippen LogP contribution in [0.25, 0.3) is 0 Å². The van der Waals surface area contributed by atoms with E-state index in [1.54, 1.807) is 4.90 Å². The number of halogens is 1. The molecule has 2 saturated heterocycles. The number of hydrogen-bond donors (Lipinski definition) is 0. The number of amides is 1. The van der Waals surface area contributed by atoms with E-state index in [0.29, 0.717) is 31.3 Å². The Morgan fingerprint density at radius 3 is 2.48 bits per heavy atom. The summed E-state index contributed by atoms with van der Waals surface area (Å²) in [4.78, 5) is 14.6. The molecule has 2 aromatic carbocycles. The number of fused-ring (bicyclic) bond motifs is 1. The standard InChI is InChI=1S/C23H25FN2O6S/c24-18-5-3-17(15-22(18)33(28,29)25-8-10-30-11-9-25)23(27)26-7-1-2-19(26)16-4-6-20-21(14-16)32-13-12-31-20/h3-6,14-15,19H,1-2,7-13H2. The smallest absolute Gasteiger partial charge is 0.254 e. The Morgan fingerprint density at radius 1 is 0.939 bits per heavy atom. The lowest BCUT2D eigenvalue weighted by molar-refractivity contribution is 0.0726. The maximum Gasteiger partial charge on any atom is 0.254 e. The van der Waals surface area contributed by atoms with Gasteiger partial charge in [-0.2, -0.15) is 4.31 Å². The van der Waals surface area contributed by atoms with Crippen molar-refractivity contribution in [1.29, 1.82) is 0 Å². The van der Waals surface area contributed by atoms with Crippen LogP contribution in [0, 0.1) is 5.82 Å². The number of nitrogens with zero attached hydrogens (tertiary/aromatic N) is 2. The molecule has 0 aromatic heterocycles. The van der Waals surface area contributed by atoms with Crippen molar-refractivity contribution in [2.75, 3.05) is 46.1 Å². The normalized spacial score (nSPS) is 21.2. The Balaban J connectivity index is 1.42. The van der Waals surface area contributed by atoms with Crippen molar-refractivity contribution >= 4 is 15.9 Å². The number of likely N-dealkylation sites (tertiary alicyclic amines) is 1. The van der Waals surface area contributed by atoms with Gasteiger partial charge in [-0.1, -0.05) is 6.07 Å². The highest BCUT2D eigenvalue weighted by Gasteiger charge is 2.34. The zero-order valence-electron chi connectivity index (χ0n) is 18.0. The fraction of sp³-hybridized carbons (Fsp3) is 0.435. The first kappa shape index (κ1) is 22.1. The number of carbonyl (C=O) groups is 1. The third kappa shape index (κ3) is 4.18. The molecule has 1 unspecified atom stereocenters. The van der Waals surface area contributed by atoms with Gasteiger partial charge in [0.2, 0.25) is 10.0 Å². The van der Waals surface area contributed by atoms with E-state index in [4.69, 9.17) is 14.2 Å². The highest BCUT2D eigenvalue weighted by Crippen LogP contribution is 2.39. The van der Waals surface area contributed by atoms with Gasteiger partial charge in [0, 0.05) is 25.2 Å². The quantitative estimate of drug-likeness (QED) is 0.675. The minimum absolute atomic E-state index is 0.146. The average Bonchev–Trinajstić information content (AvgIpc) is 3.34. The summed E-state index contributed by atoms with van der Waals surface area (Å²) in [5, 5.41) is 0. The second kappa shape index (κ2) is 8.92. The first-order chi connectivity index (χ1) is 15.9. The summed E-state index contributed by atoms with van der Waals surface area (Å²) in [6, 6.07) is 9.02. The Labute approximate surface area is 191 Å². The van der Waals surface area contributed by atoms with Gasteiger partial charge in [0.25, 0.3) is 5.91 Å². The largest absolute Gasteiger partial charge is 0.486 e. The first-order valence-electron chi connectivity index (χ1n) is 11.0. The van der Waals surface area contributed by atoms with Crippen LogP contribution in [0.3, 0.4) is 0 Å². The van der Waals surface area contributed by atoms with Crippen molar-refractivity contribution in [3.05, 3.63) is 53.3 Å². The molecule has 3 heterocycles. The maximum absolute atomic E-state index is 14.6. The van der Waals surface area contributed by atoms with Gasteiger partial charge in [0.05, 0.1) is 19.3 Å². The van der Waals surface area contributed by atoms with Crippen molar-refractivity contribution in [3.63, 3.8) is 0 Å². The molecule has 0 spiro atoms. The zero-order valence-corrected chi connectivity index (χ0v) is 18.9. The Bertz CT molecular complexity index is 1170. The van der Waals surface area contributed by atoms with Gasteiger partial charge in [0.1, 0.15) is 23.9 Å². The third-order valence-corrected chi connectivity index (χ3v) is 8.14. The molecule has 0 aliphatic carbocycles. The van der Waals surface area contributed by atoms with E-state index in [0.717, 1.165) is 30.5 Å². The van der Waals surface area contributed by atoms with Crippen LogP contribution in [-0.2, 0) is 14.8 Å². The van der Waals surface area contributed by atoms with Crippen LogP contribution < -0.4 is 9.47 Å². The molecule has 3 aliphatic heterocycles. The molecule has 0 N–H and O–H groups in total. The molecule has 2 fully saturated rings. The number of hydrogen-bond acceptors (Lipinski definition) is 6. The molecule has 1 atom stereocenters. The predicted octanol–water partition coefficient (Wildman–Crippen LogP) is 2.60. The molecule has 176 valence electrons. The van der Waals surface area contributed by atoms with Crippen molar-refractivity contribution in [2.24, 2.45) is 0 Å². The molecular formula is C23H25FN2O6S. The SMILES string of the molecule is O=C(c1ccc(F)c(S(=O)(=O)N2CCOCC2)c1)N1CCCC1c1ccc2c(c1)OCCO2. The highest BCUT2D eigenvalue weighted by molar-refractivity contribution is 7.89. The number of morpholine rings is 1. The van der Waals surface area contributed by atoms with Crippen molar-refractivity contribution in [1.82, 2.24) is 9.21 Å². The zero-order chi connectivity index (χ0) is 23.0. The van der Waals surface area contributed by atoms with Crippen LogP contribution in [0.4, 0.5) is 4.39 Å². The summed E-state index contributed by atoms with van der Waals surface area (Å²) < 4.78 is 58.2. The van der Waals surface area contributed by atoms with Crippen LogP contribution in [0.5, 0.6) is 11.5 Å². The summed E-state index contributed by atoms with van der Waals surface area (Å²) in [7, 11) is -4.07. The predicted molar refractivity (Wildman–Crippen MR) is 116 cm³/mol. The van der Waals surface area contributed by atoms with Crippen molar-refractivity contribution in [3.8, 4) is 11.5 Å². The maximum atomic E-state index is 14.6. The average molecular weight is 477 g/mol. The van der Waals surface area contributed by atoms with Crippen molar-refractivity contribution in [2.45, 2.75) is 23.8 Å². The number of sulfonamides is 1. The molecule has 1 amide bonds. The van der Waals surface area contributed by atoms with Crippen molar-refractivity contribution < 1.29 is 31.8 Å². The molecule has 0 bridgehead atoms. The van der Waals surface area contributed by atoms with Gasteiger partial charge in [-0.3, -0.25) is 4.79 Å². The lowest BCUT2D eigenvalue weighted by atomic mass is 10.0. The van der Waals surface area contributed by atoms with E-state index in [1.165, 1.54) is 10.4 Å². The Morgan fingerprint density at radius 2 is 1.70 bits per heavy atom. The Hall–Kier alpha value is -2.69. The van der Waals surface area contributed by atoms with Gasteiger partial charge in [-0.05, 0) is 48.7 Å². The van der Waals surface area contributed by atoms with Gasteiger partial charge >= 0.3 is 0 Å². The summed E-state index contributed by atoms with van der Waals surface area (Å²) in [5.74, 6) is 0.129. The number of benzene rings is 2. The second-order valence-corrected chi connectivity index (χ2v) is 10.1. The summed E-state index contributed by atoms with van der Waals surface area (Å²) in [5.41, 5.74) is 1.07. The van der Waals surface area contributed by atoms with E-state index in [-0.39, 0.29) is 43.8 Å². The fourth-order valence-electron chi connectivity index (χ4n) is 4.55. The van der Waals surface area contributed by atoms with E-state index in [9.17, 15) is 17.6 Å². The lowest BCUT2D eigenvalue weighted by Crippen LogP contribution is -2.41. The fourth-order valence-corrected chi connectivity index (χ4v) is 6.05. The molecule has 8 nitrogen and oxygen atoms in total. The van der Waals surface area contributed by atoms with Gasteiger partial charge in [-0.15, -0.1) is 0 Å². The molecule has 5 rings (SSSR count). The van der Waals surface area contributed by atoms with Gasteiger partial charge in [0.15, 0.2) is 11.5 Å². The van der Waals surface area contributed by atoms with E-state index in [2.05, 4.69) is 0 Å². The van der Waals surface area contributed by atoms with Crippen LogP contribution in [-0.4, -0.2) is 69.6 Å². The molecule has 3 aliphatic rings. The first-order valence-corrected chi connectivity index (χ1v) is 12.5. The monoisotopic (exact) mass is 476 g/mol. The molecule has 33 heavy (non-hydrogen) atoms. The molecule has 10 heteroatoms. The summed E-state index contributed by atoms with van der Waals surface area (Å²) in [6.45, 7) is 2.31. The topological polar surface area (TPSA) is 85.4 Å². The number of carbonyl (C=O) groups excluding carboxylic acids is 1. The van der Waals surface area contributed by atoms with Crippen LogP contribution in [0.15, 0.2) is 41.3 Å². The molecule has 0 saturated carbocycles. The second-order valence-electron chi connectivity index (χ2n) is 8.22. The molecular weight excluding hydrogens is 451 g/mol. The summed E-state index contributed by atoms with van der Waals surface area (Å²) >= 11 is 0.